The molecular weight excluding hydrogens is 266 g/mol. The predicted octanol–water partition coefficient (Wildman–Crippen LogP) is 1.75. The van der Waals surface area contributed by atoms with Crippen molar-refractivity contribution >= 4 is 22.7 Å². The van der Waals surface area contributed by atoms with Gasteiger partial charge in [-0.25, -0.2) is 15.0 Å². The lowest BCUT2D eigenvalue weighted by Crippen LogP contribution is -2.53. The first-order valence-electron chi connectivity index (χ1n) is 7.58. The van der Waals surface area contributed by atoms with Gasteiger partial charge in [-0.05, 0) is 25.0 Å². The number of pyridine rings is 1. The van der Waals surface area contributed by atoms with E-state index in [4.69, 9.17) is 10.5 Å². The van der Waals surface area contributed by atoms with Gasteiger partial charge >= 0.3 is 0 Å². The van der Waals surface area contributed by atoms with Crippen LogP contribution in [0.1, 0.15) is 25.7 Å². The van der Waals surface area contributed by atoms with Crippen LogP contribution < -0.4 is 10.6 Å². The van der Waals surface area contributed by atoms with Crippen molar-refractivity contribution in [3.63, 3.8) is 0 Å². The maximum Gasteiger partial charge on any atom is 0.166 e. The first kappa shape index (κ1) is 12.8. The molecule has 4 rings (SSSR count). The summed E-state index contributed by atoms with van der Waals surface area (Å²) in [5.74, 6) is 1.46. The Hall–Kier alpha value is -1.95. The van der Waals surface area contributed by atoms with Crippen molar-refractivity contribution < 1.29 is 4.74 Å². The van der Waals surface area contributed by atoms with E-state index < -0.39 is 0 Å². The van der Waals surface area contributed by atoms with E-state index in [0.29, 0.717) is 23.6 Å². The van der Waals surface area contributed by atoms with Gasteiger partial charge in [-0.1, -0.05) is 12.8 Å². The molecule has 2 aliphatic rings. The van der Waals surface area contributed by atoms with E-state index in [1.54, 1.807) is 6.33 Å². The molecule has 2 aromatic heterocycles. The number of rotatable bonds is 1. The topological polar surface area (TPSA) is 77.2 Å². The highest BCUT2D eigenvalue weighted by Gasteiger charge is 2.35. The van der Waals surface area contributed by atoms with Crippen LogP contribution in [0.25, 0.3) is 11.0 Å². The summed E-state index contributed by atoms with van der Waals surface area (Å²) in [6.45, 7) is 1.63. The molecule has 3 heterocycles. The highest BCUT2D eigenvalue weighted by molar-refractivity contribution is 5.87. The number of nitrogens with zero attached hydrogens (tertiary/aromatic N) is 4. The van der Waals surface area contributed by atoms with Crippen LogP contribution in [0.2, 0.25) is 0 Å². The van der Waals surface area contributed by atoms with Crippen LogP contribution in [0.4, 0.5) is 11.6 Å². The maximum atomic E-state index is 5.94. The first-order valence-corrected chi connectivity index (χ1v) is 7.58. The predicted molar refractivity (Wildman–Crippen MR) is 81.1 cm³/mol. The third-order valence-electron chi connectivity index (χ3n) is 4.50. The van der Waals surface area contributed by atoms with E-state index in [9.17, 15) is 0 Å². The molecule has 1 aliphatic carbocycles. The molecule has 0 spiro atoms. The first-order chi connectivity index (χ1) is 10.3. The minimum absolute atomic E-state index is 0.333. The number of nitrogens with two attached hydrogens (primary N) is 1. The van der Waals surface area contributed by atoms with Crippen molar-refractivity contribution in [2.75, 3.05) is 23.8 Å². The Morgan fingerprint density at radius 3 is 3.05 bits per heavy atom. The van der Waals surface area contributed by atoms with Gasteiger partial charge < -0.3 is 15.4 Å². The molecule has 0 amide bonds. The molecule has 6 heteroatoms. The Morgan fingerprint density at radius 2 is 2.10 bits per heavy atom. The fourth-order valence-electron chi connectivity index (χ4n) is 3.53. The molecule has 110 valence electrons. The molecule has 2 atom stereocenters. The number of hydrogen-bond donors (Lipinski definition) is 1. The van der Waals surface area contributed by atoms with Crippen molar-refractivity contribution in [3.05, 3.63) is 18.5 Å². The van der Waals surface area contributed by atoms with Gasteiger partial charge in [0.2, 0.25) is 0 Å². The third-order valence-corrected chi connectivity index (χ3v) is 4.50. The van der Waals surface area contributed by atoms with E-state index in [-0.39, 0.29) is 0 Å². The minimum atomic E-state index is 0.333. The van der Waals surface area contributed by atoms with Gasteiger partial charge in [0.15, 0.2) is 5.65 Å². The lowest BCUT2D eigenvalue weighted by Gasteiger charge is -2.44. The minimum Gasteiger partial charge on any atom is -0.384 e. The molecule has 1 saturated carbocycles. The van der Waals surface area contributed by atoms with Gasteiger partial charge in [-0.15, -0.1) is 0 Å². The zero-order chi connectivity index (χ0) is 14.2. The normalized spacial score (nSPS) is 25.8. The van der Waals surface area contributed by atoms with E-state index in [1.165, 1.54) is 19.3 Å². The quantitative estimate of drug-likeness (QED) is 0.860. The third kappa shape index (κ3) is 2.19. The van der Waals surface area contributed by atoms with Crippen LogP contribution in [0.15, 0.2) is 18.5 Å². The van der Waals surface area contributed by atoms with Gasteiger partial charge in [0.25, 0.3) is 0 Å². The second-order valence-electron chi connectivity index (χ2n) is 5.76. The lowest BCUT2D eigenvalue weighted by molar-refractivity contribution is -0.00887. The Bertz CT molecular complexity index is 660. The number of fused-ring (bicyclic) bond motifs is 2. The standard InChI is InChI=1S/C15H19N5O/c16-13-6-5-10-14(19-13)17-9-18-15(10)20-7-8-21-12-4-2-1-3-11(12)20/h5-6,9,11-12H,1-4,7-8H2,(H2,16,17,18,19)/t11-,12-/m0/s1. The molecular formula is C15H19N5O. The van der Waals surface area contributed by atoms with Crippen LogP contribution in [-0.4, -0.2) is 40.2 Å². The largest absolute Gasteiger partial charge is 0.384 e. The lowest BCUT2D eigenvalue weighted by atomic mass is 9.90. The van der Waals surface area contributed by atoms with Crippen LogP contribution in [0, 0.1) is 0 Å². The Balaban J connectivity index is 1.78. The average Bonchev–Trinajstić information content (AvgIpc) is 2.53. The summed E-state index contributed by atoms with van der Waals surface area (Å²) in [5, 5.41) is 0.970. The van der Waals surface area contributed by atoms with E-state index in [2.05, 4.69) is 19.9 Å². The SMILES string of the molecule is Nc1ccc2c(N3CCO[C@H]4CCCC[C@@H]43)ncnc2n1. The zero-order valence-corrected chi connectivity index (χ0v) is 11.9. The highest BCUT2D eigenvalue weighted by atomic mass is 16.5. The van der Waals surface area contributed by atoms with Gasteiger partial charge in [-0.2, -0.15) is 0 Å². The Labute approximate surface area is 123 Å². The monoisotopic (exact) mass is 285 g/mol. The summed E-state index contributed by atoms with van der Waals surface area (Å²) in [5.41, 5.74) is 6.42. The van der Waals surface area contributed by atoms with Crippen LogP contribution >= 0.6 is 0 Å². The van der Waals surface area contributed by atoms with Gasteiger partial charge in [0, 0.05) is 6.54 Å². The van der Waals surface area contributed by atoms with E-state index in [1.807, 2.05) is 12.1 Å². The van der Waals surface area contributed by atoms with Crippen molar-refractivity contribution in [2.24, 2.45) is 0 Å². The van der Waals surface area contributed by atoms with Crippen molar-refractivity contribution in [1.29, 1.82) is 0 Å². The highest BCUT2D eigenvalue weighted by Crippen LogP contribution is 2.33. The summed E-state index contributed by atoms with van der Waals surface area (Å²) in [6.07, 6.45) is 6.75. The zero-order valence-electron chi connectivity index (χ0n) is 11.9. The van der Waals surface area contributed by atoms with Crippen molar-refractivity contribution in [2.45, 2.75) is 37.8 Å². The number of ether oxygens (including phenoxy) is 1. The fourth-order valence-corrected chi connectivity index (χ4v) is 3.53. The van der Waals surface area contributed by atoms with Gasteiger partial charge in [0.1, 0.15) is 18.0 Å². The molecule has 0 unspecified atom stereocenters. The molecule has 0 bridgehead atoms. The summed E-state index contributed by atoms with van der Waals surface area (Å²) in [4.78, 5) is 15.5. The van der Waals surface area contributed by atoms with Gasteiger partial charge in [0.05, 0.1) is 24.1 Å². The summed E-state index contributed by atoms with van der Waals surface area (Å²) in [7, 11) is 0. The second kappa shape index (κ2) is 5.11. The van der Waals surface area contributed by atoms with Crippen LogP contribution in [-0.2, 0) is 4.74 Å². The number of nitrogen functional groups attached to an aromatic ring is 1. The van der Waals surface area contributed by atoms with E-state index >= 15 is 0 Å². The molecule has 6 nitrogen and oxygen atoms in total. The molecule has 0 aromatic carbocycles. The molecule has 21 heavy (non-hydrogen) atoms. The number of anilines is 2. The molecule has 2 aromatic rings. The molecule has 2 fully saturated rings. The van der Waals surface area contributed by atoms with Gasteiger partial charge in [-0.3, -0.25) is 0 Å². The van der Waals surface area contributed by atoms with Crippen LogP contribution in [0.3, 0.4) is 0 Å². The van der Waals surface area contributed by atoms with Crippen LogP contribution in [0.5, 0.6) is 0 Å². The molecule has 2 N–H and O–H groups in total. The van der Waals surface area contributed by atoms with Crippen molar-refractivity contribution in [3.8, 4) is 0 Å². The number of aromatic nitrogens is 3. The summed E-state index contributed by atoms with van der Waals surface area (Å²) < 4.78 is 5.94. The average molecular weight is 285 g/mol. The molecule has 0 radical (unpaired) electrons. The fraction of sp³-hybridized carbons (Fsp3) is 0.533. The molecule has 1 aliphatic heterocycles. The number of morpholine rings is 1. The number of hydrogen-bond acceptors (Lipinski definition) is 6. The summed E-state index contributed by atoms with van der Waals surface area (Å²) in [6, 6.07) is 4.21. The Kier molecular flexibility index (Phi) is 3.11. The smallest absolute Gasteiger partial charge is 0.166 e. The molecule has 1 saturated heterocycles. The second-order valence-corrected chi connectivity index (χ2v) is 5.76. The van der Waals surface area contributed by atoms with E-state index in [0.717, 1.165) is 30.8 Å². The Morgan fingerprint density at radius 1 is 1.19 bits per heavy atom. The van der Waals surface area contributed by atoms with Crippen molar-refractivity contribution in [1.82, 2.24) is 15.0 Å². The maximum absolute atomic E-state index is 5.94. The summed E-state index contributed by atoms with van der Waals surface area (Å²) >= 11 is 0.